The number of methoxy groups -OCH3 is 1. The van der Waals surface area contributed by atoms with Crippen LogP contribution in [-0.4, -0.2) is 18.8 Å². The number of rotatable bonds is 4. The highest BCUT2D eigenvalue weighted by molar-refractivity contribution is 5.30. The average Bonchev–Trinajstić information content (AvgIpc) is 2.28. The van der Waals surface area contributed by atoms with E-state index in [0.717, 1.165) is 11.3 Å². The van der Waals surface area contributed by atoms with Crippen molar-refractivity contribution in [3.8, 4) is 5.75 Å². The van der Waals surface area contributed by atoms with E-state index in [4.69, 9.17) is 10.5 Å². The zero-order valence-corrected chi connectivity index (χ0v) is 9.53. The molecule has 0 saturated heterocycles. The van der Waals surface area contributed by atoms with E-state index < -0.39 is 5.60 Å². The summed E-state index contributed by atoms with van der Waals surface area (Å²) in [5.41, 5.74) is 5.54. The molecule has 0 aliphatic carbocycles. The van der Waals surface area contributed by atoms with Gasteiger partial charge in [-0.25, -0.2) is 0 Å². The van der Waals surface area contributed by atoms with Crippen molar-refractivity contribution >= 4 is 0 Å². The van der Waals surface area contributed by atoms with Gasteiger partial charge in [0.15, 0.2) is 0 Å². The first-order chi connectivity index (χ1) is 7.02. The molecule has 0 saturated carbocycles. The highest BCUT2D eigenvalue weighted by Crippen LogP contribution is 2.29. The van der Waals surface area contributed by atoms with Crippen LogP contribution in [0.15, 0.2) is 24.3 Å². The van der Waals surface area contributed by atoms with Gasteiger partial charge >= 0.3 is 0 Å². The van der Waals surface area contributed by atoms with E-state index in [1.165, 1.54) is 0 Å². The van der Waals surface area contributed by atoms with Crippen LogP contribution in [0.5, 0.6) is 5.75 Å². The summed E-state index contributed by atoms with van der Waals surface area (Å²) in [4.78, 5) is 0. The highest BCUT2D eigenvalue weighted by Gasteiger charge is 2.29. The maximum absolute atomic E-state index is 10.3. The van der Waals surface area contributed by atoms with Crippen LogP contribution in [0, 0.1) is 5.92 Å². The Bertz CT molecular complexity index is 306. The Labute approximate surface area is 90.9 Å². The Hall–Kier alpha value is -1.06. The Balaban J connectivity index is 2.94. The SMILES string of the molecule is COc1ccc(C(C)(O)C(C)CN)cc1. The molecule has 0 heterocycles. The summed E-state index contributed by atoms with van der Waals surface area (Å²) in [6.45, 7) is 4.18. The fourth-order valence-electron chi connectivity index (χ4n) is 1.44. The molecule has 0 spiro atoms. The van der Waals surface area contributed by atoms with Crippen molar-refractivity contribution in [2.45, 2.75) is 19.4 Å². The molecule has 0 radical (unpaired) electrons. The summed E-state index contributed by atoms with van der Waals surface area (Å²) < 4.78 is 5.06. The number of hydrogen-bond donors (Lipinski definition) is 2. The third-order valence-electron chi connectivity index (χ3n) is 2.99. The molecular weight excluding hydrogens is 190 g/mol. The van der Waals surface area contributed by atoms with Crippen molar-refractivity contribution in [3.63, 3.8) is 0 Å². The summed E-state index contributed by atoms with van der Waals surface area (Å²) in [6, 6.07) is 7.41. The fourth-order valence-corrected chi connectivity index (χ4v) is 1.44. The molecule has 2 unspecified atom stereocenters. The van der Waals surface area contributed by atoms with E-state index in [2.05, 4.69) is 0 Å². The monoisotopic (exact) mass is 209 g/mol. The molecule has 1 aromatic carbocycles. The minimum atomic E-state index is -0.888. The molecule has 0 aliphatic rings. The molecule has 1 rings (SSSR count). The minimum absolute atomic E-state index is 0.0193. The zero-order chi connectivity index (χ0) is 11.5. The third-order valence-corrected chi connectivity index (χ3v) is 2.99. The Morgan fingerprint density at radius 1 is 1.40 bits per heavy atom. The zero-order valence-electron chi connectivity index (χ0n) is 9.53. The molecule has 0 fully saturated rings. The number of benzene rings is 1. The van der Waals surface area contributed by atoms with E-state index in [0.29, 0.717) is 6.54 Å². The second kappa shape index (κ2) is 4.64. The van der Waals surface area contributed by atoms with E-state index in [1.54, 1.807) is 14.0 Å². The first-order valence-electron chi connectivity index (χ1n) is 5.09. The number of nitrogens with two attached hydrogens (primary N) is 1. The molecule has 15 heavy (non-hydrogen) atoms. The van der Waals surface area contributed by atoms with Crippen molar-refractivity contribution in [1.82, 2.24) is 0 Å². The van der Waals surface area contributed by atoms with Gasteiger partial charge < -0.3 is 15.6 Å². The maximum atomic E-state index is 10.3. The van der Waals surface area contributed by atoms with Crippen LogP contribution < -0.4 is 10.5 Å². The van der Waals surface area contributed by atoms with Crippen LogP contribution in [0.3, 0.4) is 0 Å². The Morgan fingerprint density at radius 3 is 2.33 bits per heavy atom. The van der Waals surface area contributed by atoms with Crippen molar-refractivity contribution in [3.05, 3.63) is 29.8 Å². The van der Waals surface area contributed by atoms with E-state index in [1.807, 2.05) is 31.2 Å². The lowest BCUT2D eigenvalue weighted by Crippen LogP contribution is -2.34. The molecule has 0 bridgehead atoms. The molecule has 1 aromatic rings. The van der Waals surface area contributed by atoms with Gasteiger partial charge in [-0.1, -0.05) is 19.1 Å². The molecule has 84 valence electrons. The van der Waals surface area contributed by atoms with Gasteiger partial charge in [0.05, 0.1) is 12.7 Å². The smallest absolute Gasteiger partial charge is 0.118 e. The first kappa shape index (κ1) is 12.0. The topological polar surface area (TPSA) is 55.5 Å². The summed E-state index contributed by atoms with van der Waals surface area (Å²) in [5, 5.41) is 10.3. The number of aliphatic hydroxyl groups is 1. The molecule has 0 aliphatic heterocycles. The number of ether oxygens (including phenoxy) is 1. The van der Waals surface area contributed by atoms with Gasteiger partial charge in [0.2, 0.25) is 0 Å². The predicted octanol–water partition coefficient (Wildman–Crippen LogP) is 1.50. The lowest BCUT2D eigenvalue weighted by molar-refractivity contribution is 0.00516. The summed E-state index contributed by atoms with van der Waals surface area (Å²) in [5.74, 6) is 0.806. The predicted molar refractivity (Wildman–Crippen MR) is 60.8 cm³/mol. The quantitative estimate of drug-likeness (QED) is 0.790. The third kappa shape index (κ3) is 2.49. The van der Waals surface area contributed by atoms with Crippen LogP contribution in [0.25, 0.3) is 0 Å². The molecule has 3 N–H and O–H groups in total. The molecule has 0 amide bonds. The van der Waals surface area contributed by atoms with Gasteiger partial charge in [0.1, 0.15) is 5.75 Å². The standard InChI is InChI=1S/C12H19NO2/c1-9(8-13)12(2,14)10-4-6-11(15-3)7-5-10/h4-7,9,14H,8,13H2,1-3H3. The van der Waals surface area contributed by atoms with Gasteiger partial charge in [-0.15, -0.1) is 0 Å². The molecule has 2 atom stereocenters. The lowest BCUT2D eigenvalue weighted by Gasteiger charge is -2.30. The maximum Gasteiger partial charge on any atom is 0.118 e. The van der Waals surface area contributed by atoms with Crippen LogP contribution >= 0.6 is 0 Å². The van der Waals surface area contributed by atoms with E-state index in [-0.39, 0.29) is 5.92 Å². The largest absolute Gasteiger partial charge is 0.497 e. The van der Waals surface area contributed by atoms with Crippen LogP contribution in [0.4, 0.5) is 0 Å². The lowest BCUT2D eigenvalue weighted by atomic mass is 9.84. The highest BCUT2D eigenvalue weighted by atomic mass is 16.5. The van der Waals surface area contributed by atoms with Gasteiger partial charge in [-0.05, 0) is 31.2 Å². The Kier molecular flexibility index (Phi) is 3.72. The van der Waals surface area contributed by atoms with Crippen molar-refractivity contribution in [2.24, 2.45) is 11.7 Å². The van der Waals surface area contributed by atoms with E-state index in [9.17, 15) is 5.11 Å². The normalized spacial score (nSPS) is 16.9. The summed E-state index contributed by atoms with van der Waals surface area (Å²) >= 11 is 0. The summed E-state index contributed by atoms with van der Waals surface area (Å²) in [7, 11) is 1.62. The molecule has 3 nitrogen and oxygen atoms in total. The average molecular weight is 209 g/mol. The van der Waals surface area contributed by atoms with Crippen molar-refractivity contribution < 1.29 is 9.84 Å². The number of hydrogen-bond acceptors (Lipinski definition) is 3. The fraction of sp³-hybridized carbons (Fsp3) is 0.500. The van der Waals surface area contributed by atoms with Gasteiger partial charge in [-0.3, -0.25) is 0 Å². The molecule has 3 heteroatoms. The Morgan fingerprint density at radius 2 is 1.93 bits per heavy atom. The van der Waals surface area contributed by atoms with E-state index >= 15 is 0 Å². The first-order valence-corrected chi connectivity index (χ1v) is 5.09. The van der Waals surface area contributed by atoms with Crippen molar-refractivity contribution in [2.75, 3.05) is 13.7 Å². The van der Waals surface area contributed by atoms with Crippen molar-refractivity contribution in [1.29, 1.82) is 0 Å². The van der Waals surface area contributed by atoms with Crippen LogP contribution in [0.2, 0.25) is 0 Å². The van der Waals surface area contributed by atoms with Crippen LogP contribution in [-0.2, 0) is 5.60 Å². The summed E-state index contributed by atoms with van der Waals surface area (Å²) in [6.07, 6.45) is 0. The van der Waals surface area contributed by atoms with Crippen LogP contribution in [0.1, 0.15) is 19.4 Å². The van der Waals surface area contributed by atoms with Gasteiger partial charge in [0.25, 0.3) is 0 Å². The van der Waals surface area contributed by atoms with Gasteiger partial charge in [-0.2, -0.15) is 0 Å². The minimum Gasteiger partial charge on any atom is -0.497 e. The molecular formula is C12H19NO2. The van der Waals surface area contributed by atoms with Gasteiger partial charge in [0, 0.05) is 5.92 Å². The molecule has 0 aromatic heterocycles. The second-order valence-corrected chi connectivity index (χ2v) is 4.01. The second-order valence-electron chi connectivity index (χ2n) is 4.01.